The van der Waals surface area contributed by atoms with Gasteiger partial charge in [-0.15, -0.1) is 0 Å². The molecule has 7 nitrogen and oxygen atoms in total. The van der Waals surface area contributed by atoms with Crippen LogP contribution in [0.25, 0.3) is 0 Å². The largest absolute Gasteiger partial charge is 0.341 e. The highest BCUT2D eigenvalue weighted by atomic mass is 16.2. The summed E-state index contributed by atoms with van der Waals surface area (Å²) in [4.78, 5) is 30.4. The zero-order valence-electron chi connectivity index (χ0n) is 14.5. The van der Waals surface area contributed by atoms with E-state index in [4.69, 9.17) is 0 Å². The normalized spacial score (nSPS) is 19.8. The predicted octanol–water partition coefficient (Wildman–Crippen LogP) is 0.348. The summed E-state index contributed by atoms with van der Waals surface area (Å²) in [5.41, 5.74) is 0.932. The van der Waals surface area contributed by atoms with Crippen LogP contribution < -0.4 is 0 Å². The smallest absolute Gasteiger partial charge is 0.244 e. The maximum atomic E-state index is 12.4. The van der Waals surface area contributed by atoms with Crippen molar-refractivity contribution >= 4 is 11.8 Å². The first-order valence-electron chi connectivity index (χ1n) is 8.90. The Morgan fingerprint density at radius 2 is 2.00 bits per heavy atom. The van der Waals surface area contributed by atoms with E-state index in [0.29, 0.717) is 13.0 Å². The highest BCUT2D eigenvalue weighted by Gasteiger charge is 2.22. The van der Waals surface area contributed by atoms with Crippen LogP contribution in [0.1, 0.15) is 25.0 Å². The Kier molecular flexibility index (Phi) is 5.50. The molecular formula is C17H27N5O2. The molecule has 1 aromatic heterocycles. The van der Waals surface area contributed by atoms with E-state index in [2.05, 4.69) is 10.00 Å². The van der Waals surface area contributed by atoms with Gasteiger partial charge in [0.25, 0.3) is 0 Å². The SMILES string of the molecule is Cc1ccn(CC(=O)N2CCCN(CCN3CCCC3=O)CC2)n1. The average molecular weight is 333 g/mol. The van der Waals surface area contributed by atoms with Crippen molar-refractivity contribution in [3.63, 3.8) is 0 Å². The summed E-state index contributed by atoms with van der Waals surface area (Å²) in [5.74, 6) is 0.422. The van der Waals surface area contributed by atoms with Crippen LogP contribution in [-0.2, 0) is 16.1 Å². The lowest BCUT2D eigenvalue weighted by atomic mass is 10.3. The quantitative estimate of drug-likeness (QED) is 0.780. The maximum absolute atomic E-state index is 12.4. The molecule has 2 saturated heterocycles. The number of aromatic nitrogens is 2. The number of nitrogens with zero attached hydrogens (tertiary/aromatic N) is 5. The molecule has 0 atom stereocenters. The Morgan fingerprint density at radius 3 is 2.71 bits per heavy atom. The standard InChI is InChI=1S/C17H27N5O2/c1-15-5-9-22(18-15)14-17(24)21-8-3-6-19(11-13-21)10-12-20-7-2-4-16(20)23/h5,9H,2-4,6-8,10-14H2,1H3. The first-order valence-corrected chi connectivity index (χ1v) is 8.90. The van der Waals surface area contributed by atoms with Crippen LogP contribution in [-0.4, -0.2) is 82.1 Å². The van der Waals surface area contributed by atoms with Gasteiger partial charge in [-0.25, -0.2) is 0 Å². The predicted molar refractivity (Wildman–Crippen MR) is 90.4 cm³/mol. The van der Waals surface area contributed by atoms with Crippen molar-refractivity contribution in [1.29, 1.82) is 0 Å². The molecule has 0 unspecified atom stereocenters. The summed E-state index contributed by atoms with van der Waals surface area (Å²) in [5, 5.41) is 4.29. The summed E-state index contributed by atoms with van der Waals surface area (Å²) in [6.45, 7) is 8.31. The second-order valence-electron chi connectivity index (χ2n) is 6.72. The van der Waals surface area contributed by atoms with Crippen LogP contribution in [0.4, 0.5) is 0 Å². The molecule has 2 aliphatic heterocycles. The van der Waals surface area contributed by atoms with Gasteiger partial charge in [0.2, 0.25) is 11.8 Å². The van der Waals surface area contributed by atoms with Gasteiger partial charge in [0.05, 0.1) is 5.69 Å². The third-order valence-corrected chi connectivity index (χ3v) is 4.87. The van der Waals surface area contributed by atoms with E-state index in [-0.39, 0.29) is 11.8 Å². The molecule has 3 rings (SSSR count). The van der Waals surface area contributed by atoms with E-state index >= 15 is 0 Å². The lowest BCUT2D eigenvalue weighted by Crippen LogP contribution is -2.39. The minimum Gasteiger partial charge on any atom is -0.341 e. The fourth-order valence-electron chi connectivity index (χ4n) is 3.44. The number of hydrogen-bond acceptors (Lipinski definition) is 4. The van der Waals surface area contributed by atoms with Crippen LogP contribution in [0.15, 0.2) is 12.3 Å². The molecule has 24 heavy (non-hydrogen) atoms. The highest BCUT2D eigenvalue weighted by Crippen LogP contribution is 2.10. The van der Waals surface area contributed by atoms with Gasteiger partial charge in [-0.1, -0.05) is 0 Å². The molecule has 7 heteroatoms. The van der Waals surface area contributed by atoms with E-state index in [9.17, 15) is 9.59 Å². The number of carbonyl (C=O) groups excluding carboxylic acids is 2. The lowest BCUT2D eigenvalue weighted by Gasteiger charge is -2.24. The summed E-state index contributed by atoms with van der Waals surface area (Å²) < 4.78 is 1.71. The minimum atomic E-state index is 0.134. The van der Waals surface area contributed by atoms with Gasteiger partial charge in [-0.05, 0) is 32.4 Å². The molecule has 0 N–H and O–H groups in total. The molecule has 0 spiro atoms. The average Bonchev–Trinajstić information content (AvgIpc) is 3.06. The fraction of sp³-hybridized carbons (Fsp3) is 0.706. The molecule has 2 fully saturated rings. The summed E-state index contributed by atoms with van der Waals surface area (Å²) in [6.07, 6.45) is 4.53. The van der Waals surface area contributed by atoms with Crippen LogP contribution in [0.5, 0.6) is 0 Å². The second-order valence-corrected chi connectivity index (χ2v) is 6.72. The Labute approximate surface area is 143 Å². The molecule has 3 heterocycles. The van der Waals surface area contributed by atoms with E-state index in [0.717, 1.165) is 64.3 Å². The van der Waals surface area contributed by atoms with Crippen LogP contribution >= 0.6 is 0 Å². The van der Waals surface area contributed by atoms with Crippen molar-refractivity contribution in [2.45, 2.75) is 32.7 Å². The number of rotatable bonds is 5. The summed E-state index contributed by atoms with van der Waals surface area (Å²) in [6, 6.07) is 1.91. The van der Waals surface area contributed by atoms with Crippen molar-refractivity contribution < 1.29 is 9.59 Å². The molecule has 1 aromatic rings. The van der Waals surface area contributed by atoms with Gasteiger partial charge in [0.15, 0.2) is 0 Å². The molecule has 0 saturated carbocycles. The van der Waals surface area contributed by atoms with Crippen molar-refractivity contribution in [3.05, 3.63) is 18.0 Å². The zero-order valence-corrected chi connectivity index (χ0v) is 14.5. The zero-order chi connectivity index (χ0) is 16.9. The number of likely N-dealkylation sites (tertiary alicyclic amines) is 1. The second kappa shape index (κ2) is 7.79. The third kappa shape index (κ3) is 4.35. The van der Waals surface area contributed by atoms with Gasteiger partial charge in [-0.2, -0.15) is 5.10 Å². The van der Waals surface area contributed by atoms with Gasteiger partial charge in [-0.3, -0.25) is 19.2 Å². The lowest BCUT2D eigenvalue weighted by molar-refractivity contribution is -0.132. The van der Waals surface area contributed by atoms with E-state index in [1.54, 1.807) is 4.68 Å². The van der Waals surface area contributed by atoms with Crippen LogP contribution in [0.2, 0.25) is 0 Å². The number of aryl methyl sites for hydroxylation is 1. The molecule has 0 aliphatic carbocycles. The van der Waals surface area contributed by atoms with Crippen molar-refractivity contribution in [2.24, 2.45) is 0 Å². The first-order chi connectivity index (χ1) is 11.6. The Hall–Kier alpha value is -1.89. The maximum Gasteiger partial charge on any atom is 0.244 e. The van der Waals surface area contributed by atoms with Crippen molar-refractivity contribution in [2.75, 3.05) is 45.8 Å². The topological polar surface area (TPSA) is 61.7 Å². The Morgan fingerprint density at radius 1 is 1.12 bits per heavy atom. The summed E-state index contributed by atoms with van der Waals surface area (Å²) >= 11 is 0. The fourth-order valence-corrected chi connectivity index (χ4v) is 3.44. The van der Waals surface area contributed by atoms with Gasteiger partial charge >= 0.3 is 0 Å². The third-order valence-electron chi connectivity index (χ3n) is 4.87. The number of carbonyl (C=O) groups is 2. The summed E-state index contributed by atoms with van der Waals surface area (Å²) in [7, 11) is 0. The Balaban J connectivity index is 1.44. The molecule has 0 radical (unpaired) electrons. The minimum absolute atomic E-state index is 0.134. The first kappa shape index (κ1) is 17.0. The molecule has 2 aliphatic rings. The van der Waals surface area contributed by atoms with Crippen LogP contribution in [0, 0.1) is 6.92 Å². The van der Waals surface area contributed by atoms with E-state index in [1.807, 2.05) is 29.0 Å². The molecule has 2 amide bonds. The molecule has 0 aromatic carbocycles. The van der Waals surface area contributed by atoms with Crippen LogP contribution in [0.3, 0.4) is 0 Å². The van der Waals surface area contributed by atoms with Crippen molar-refractivity contribution in [1.82, 2.24) is 24.5 Å². The highest BCUT2D eigenvalue weighted by molar-refractivity contribution is 5.78. The number of amides is 2. The van der Waals surface area contributed by atoms with Crippen molar-refractivity contribution in [3.8, 4) is 0 Å². The van der Waals surface area contributed by atoms with Gasteiger partial charge in [0, 0.05) is 51.9 Å². The Bertz CT molecular complexity index is 585. The monoisotopic (exact) mass is 333 g/mol. The molecule has 132 valence electrons. The van der Waals surface area contributed by atoms with E-state index in [1.165, 1.54) is 0 Å². The van der Waals surface area contributed by atoms with E-state index < -0.39 is 0 Å². The molecular weight excluding hydrogens is 306 g/mol. The van der Waals surface area contributed by atoms with Gasteiger partial charge in [0.1, 0.15) is 6.54 Å². The van der Waals surface area contributed by atoms with Gasteiger partial charge < -0.3 is 9.80 Å². The number of hydrogen-bond donors (Lipinski definition) is 0. The molecule has 0 bridgehead atoms.